The number of nitrogens with zero attached hydrogens (tertiary/aromatic N) is 3. The molecule has 0 aliphatic carbocycles. The number of hydrogen-bond acceptors (Lipinski definition) is 6. The minimum absolute atomic E-state index is 0.343. The Morgan fingerprint density at radius 3 is 2.42 bits per heavy atom. The van der Waals surface area contributed by atoms with Gasteiger partial charge in [-0.05, 0) is 30.7 Å². The molecule has 24 heavy (non-hydrogen) atoms. The van der Waals surface area contributed by atoms with Gasteiger partial charge in [0.25, 0.3) is 0 Å². The number of benzene rings is 1. The van der Waals surface area contributed by atoms with Crippen molar-refractivity contribution in [3.05, 3.63) is 58.5 Å². The summed E-state index contributed by atoms with van der Waals surface area (Å²) in [6.45, 7) is 1.96. The van der Waals surface area contributed by atoms with E-state index in [1.807, 2.05) is 19.1 Å². The zero-order valence-corrected chi connectivity index (χ0v) is 14.2. The van der Waals surface area contributed by atoms with Crippen LogP contribution in [-0.2, 0) is 0 Å². The van der Waals surface area contributed by atoms with Gasteiger partial charge in [0.05, 0.1) is 15.7 Å². The van der Waals surface area contributed by atoms with Crippen molar-refractivity contribution >= 4 is 52.0 Å². The van der Waals surface area contributed by atoms with Crippen LogP contribution in [0.2, 0.25) is 10.0 Å². The van der Waals surface area contributed by atoms with Crippen LogP contribution in [0.1, 0.15) is 5.56 Å². The summed E-state index contributed by atoms with van der Waals surface area (Å²) in [4.78, 5) is 12.6. The number of halogens is 2. The van der Waals surface area contributed by atoms with E-state index in [1.54, 1.807) is 24.4 Å². The van der Waals surface area contributed by atoms with Gasteiger partial charge in [-0.15, -0.1) is 0 Å². The third kappa shape index (κ3) is 3.50. The Kier molecular flexibility index (Phi) is 4.69. The molecule has 0 saturated carbocycles. The number of nitrogens with one attached hydrogen (secondary N) is 2. The maximum Gasteiger partial charge on any atom is 0.160 e. The molecule has 0 fully saturated rings. The summed E-state index contributed by atoms with van der Waals surface area (Å²) in [6, 6.07) is 9.05. The zero-order chi connectivity index (χ0) is 17.1. The number of pyridine rings is 1. The van der Waals surface area contributed by atoms with Gasteiger partial charge < -0.3 is 16.4 Å². The molecule has 0 aliphatic rings. The van der Waals surface area contributed by atoms with E-state index in [-0.39, 0.29) is 0 Å². The van der Waals surface area contributed by atoms with Crippen LogP contribution < -0.4 is 16.4 Å². The van der Waals surface area contributed by atoms with Crippen molar-refractivity contribution in [3.8, 4) is 0 Å². The van der Waals surface area contributed by atoms with Crippen LogP contribution in [0.25, 0.3) is 0 Å². The van der Waals surface area contributed by atoms with E-state index < -0.39 is 0 Å². The van der Waals surface area contributed by atoms with Crippen LogP contribution in [0.15, 0.2) is 42.9 Å². The lowest BCUT2D eigenvalue weighted by Crippen LogP contribution is -2.06. The summed E-state index contributed by atoms with van der Waals surface area (Å²) in [7, 11) is 0. The van der Waals surface area contributed by atoms with Crippen molar-refractivity contribution in [2.24, 2.45) is 0 Å². The summed E-state index contributed by atoms with van der Waals surface area (Å²) in [5.74, 6) is 1.50. The Balaban J connectivity index is 1.88. The zero-order valence-electron chi connectivity index (χ0n) is 12.7. The number of hydrogen-bond donors (Lipinski definition) is 3. The van der Waals surface area contributed by atoms with E-state index in [2.05, 4.69) is 25.6 Å². The molecule has 122 valence electrons. The average Bonchev–Trinajstić information content (AvgIpc) is 2.57. The van der Waals surface area contributed by atoms with Gasteiger partial charge in [-0.2, -0.15) is 0 Å². The van der Waals surface area contributed by atoms with Crippen molar-refractivity contribution < 1.29 is 0 Å². The van der Waals surface area contributed by atoms with Crippen molar-refractivity contribution in [3.63, 3.8) is 0 Å². The first-order valence-electron chi connectivity index (χ1n) is 7.06. The summed E-state index contributed by atoms with van der Waals surface area (Å²) >= 11 is 12.2. The molecule has 2 heterocycles. The Morgan fingerprint density at radius 2 is 1.71 bits per heavy atom. The minimum atomic E-state index is 0.343. The molecule has 0 saturated heterocycles. The molecule has 0 unspecified atom stereocenters. The second kappa shape index (κ2) is 6.90. The molecule has 0 atom stereocenters. The van der Waals surface area contributed by atoms with Gasteiger partial charge in [0.2, 0.25) is 0 Å². The van der Waals surface area contributed by atoms with Crippen LogP contribution in [0, 0.1) is 6.92 Å². The smallest absolute Gasteiger partial charge is 0.160 e. The van der Waals surface area contributed by atoms with E-state index in [0.717, 1.165) is 5.56 Å². The fraction of sp³-hybridized carbons (Fsp3) is 0.0625. The summed E-state index contributed by atoms with van der Waals surface area (Å²) in [5, 5.41) is 6.97. The molecule has 2 aromatic heterocycles. The van der Waals surface area contributed by atoms with E-state index in [1.165, 1.54) is 6.33 Å². The topological polar surface area (TPSA) is 88.8 Å². The Labute approximate surface area is 149 Å². The van der Waals surface area contributed by atoms with Gasteiger partial charge in [0.15, 0.2) is 11.6 Å². The van der Waals surface area contributed by atoms with E-state index >= 15 is 0 Å². The first kappa shape index (κ1) is 16.3. The van der Waals surface area contributed by atoms with Crippen molar-refractivity contribution in [1.82, 2.24) is 15.0 Å². The number of aromatic nitrogens is 3. The predicted molar refractivity (Wildman–Crippen MR) is 98.4 cm³/mol. The lowest BCUT2D eigenvalue weighted by molar-refractivity contribution is 1.16. The quantitative estimate of drug-likeness (QED) is 0.632. The highest BCUT2D eigenvalue weighted by atomic mass is 35.5. The normalized spacial score (nSPS) is 10.5. The minimum Gasteiger partial charge on any atom is -0.393 e. The third-order valence-electron chi connectivity index (χ3n) is 3.25. The maximum atomic E-state index is 6.18. The molecular formula is C16H14Cl2N6. The fourth-order valence-corrected chi connectivity index (χ4v) is 2.33. The maximum absolute atomic E-state index is 6.18. The molecule has 0 bridgehead atoms. The van der Waals surface area contributed by atoms with E-state index in [9.17, 15) is 0 Å². The number of anilines is 5. The van der Waals surface area contributed by atoms with Crippen LogP contribution >= 0.6 is 23.2 Å². The second-order valence-corrected chi connectivity index (χ2v) is 5.84. The molecule has 3 rings (SSSR count). The summed E-state index contributed by atoms with van der Waals surface area (Å²) < 4.78 is 0. The van der Waals surface area contributed by atoms with Gasteiger partial charge in [0.1, 0.15) is 17.8 Å². The Morgan fingerprint density at radius 1 is 0.958 bits per heavy atom. The first-order valence-corrected chi connectivity index (χ1v) is 7.81. The summed E-state index contributed by atoms with van der Waals surface area (Å²) in [6.07, 6.45) is 3.15. The molecular weight excluding hydrogens is 347 g/mol. The van der Waals surface area contributed by atoms with Crippen LogP contribution in [0.3, 0.4) is 0 Å². The third-order valence-corrected chi connectivity index (χ3v) is 4.07. The molecule has 4 N–H and O–H groups in total. The lowest BCUT2D eigenvalue weighted by atomic mass is 10.3. The first-order chi connectivity index (χ1) is 11.5. The molecule has 8 heteroatoms. The lowest BCUT2D eigenvalue weighted by Gasteiger charge is -2.13. The van der Waals surface area contributed by atoms with E-state index in [4.69, 9.17) is 28.9 Å². The van der Waals surface area contributed by atoms with Gasteiger partial charge >= 0.3 is 0 Å². The highest BCUT2D eigenvalue weighted by Crippen LogP contribution is 2.34. The summed E-state index contributed by atoms with van der Waals surface area (Å²) in [5.41, 5.74) is 8.16. The highest BCUT2D eigenvalue weighted by molar-refractivity contribution is 6.43. The standard InChI is InChI=1S/C16H14Cl2N6/c1-9-5-6-12(20-7-9)24-16-14(19)15(21-8-22-16)23-11-4-2-3-10(17)13(11)18/h2-8H,19H2,1H3,(H2,20,21,22,23,24). The van der Waals surface area contributed by atoms with Crippen molar-refractivity contribution in [1.29, 1.82) is 0 Å². The molecule has 0 spiro atoms. The van der Waals surface area contributed by atoms with Crippen molar-refractivity contribution in [2.45, 2.75) is 6.92 Å². The van der Waals surface area contributed by atoms with Crippen LogP contribution in [0.4, 0.5) is 28.8 Å². The number of rotatable bonds is 4. The highest BCUT2D eigenvalue weighted by Gasteiger charge is 2.11. The average molecular weight is 361 g/mol. The molecule has 3 aromatic rings. The fourth-order valence-electron chi connectivity index (χ4n) is 1.99. The largest absolute Gasteiger partial charge is 0.393 e. The molecule has 6 nitrogen and oxygen atoms in total. The van der Waals surface area contributed by atoms with Gasteiger partial charge in [0, 0.05) is 6.20 Å². The molecule has 1 aromatic carbocycles. The SMILES string of the molecule is Cc1ccc(Nc2ncnc(Nc3cccc(Cl)c3Cl)c2N)nc1. The number of aryl methyl sites for hydroxylation is 1. The Hall–Kier alpha value is -2.57. The van der Waals surface area contributed by atoms with Crippen LogP contribution in [-0.4, -0.2) is 15.0 Å². The second-order valence-electron chi connectivity index (χ2n) is 5.06. The molecule has 0 radical (unpaired) electrons. The molecule has 0 amide bonds. The van der Waals surface area contributed by atoms with Gasteiger partial charge in [-0.25, -0.2) is 15.0 Å². The van der Waals surface area contributed by atoms with Gasteiger partial charge in [-0.1, -0.05) is 35.3 Å². The molecule has 0 aliphatic heterocycles. The van der Waals surface area contributed by atoms with Gasteiger partial charge in [-0.3, -0.25) is 0 Å². The Bertz CT molecular complexity index is 867. The monoisotopic (exact) mass is 360 g/mol. The number of nitrogen functional groups attached to an aromatic ring is 1. The van der Waals surface area contributed by atoms with E-state index in [0.29, 0.717) is 38.9 Å². The predicted octanol–water partition coefficient (Wildman–Crippen LogP) is 4.56. The number of nitrogens with two attached hydrogens (primary N) is 1. The van der Waals surface area contributed by atoms with Crippen LogP contribution in [0.5, 0.6) is 0 Å². The van der Waals surface area contributed by atoms with Crippen molar-refractivity contribution in [2.75, 3.05) is 16.4 Å².